The molecule has 0 unspecified atom stereocenters. The molecule has 0 bridgehead atoms. The summed E-state index contributed by atoms with van der Waals surface area (Å²) in [6.45, 7) is 6.08. The van der Waals surface area contributed by atoms with Crippen molar-refractivity contribution in [3.63, 3.8) is 0 Å². The van der Waals surface area contributed by atoms with Gasteiger partial charge in [0.15, 0.2) is 11.5 Å². The molecule has 6 rings (SSSR count). The van der Waals surface area contributed by atoms with Gasteiger partial charge in [0.25, 0.3) is 0 Å². The Hall–Kier alpha value is -4.78. The van der Waals surface area contributed by atoms with Crippen molar-refractivity contribution in [2.24, 2.45) is 0 Å². The highest BCUT2D eigenvalue weighted by molar-refractivity contribution is 5.99. The van der Waals surface area contributed by atoms with E-state index in [2.05, 4.69) is 20.5 Å². The van der Waals surface area contributed by atoms with E-state index < -0.39 is 0 Å². The third kappa shape index (κ3) is 5.96. The van der Waals surface area contributed by atoms with Gasteiger partial charge in [0, 0.05) is 43.6 Å². The van der Waals surface area contributed by atoms with Crippen molar-refractivity contribution in [3.8, 4) is 11.4 Å². The molecule has 5 heterocycles. The van der Waals surface area contributed by atoms with E-state index in [1.54, 1.807) is 29.4 Å². The van der Waals surface area contributed by atoms with E-state index in [0.717, 1.165) is 48.3 Å². The van der Waals surface area contributed by atoms with Crippen molar-refractivity contribution < 1.29 is 19.1 Å². The molecule has 1 aromatic carbocycles. The van der Waals surface area contributed by atoms with Crippen molar-refractivity contribution in [2.45, 2.75) is 25.8 Å². The topological polar surface area (TPSA) is 140 Å². The van der Waals surface area contributed by atoms with Gasteiger partial charge in [-0.3, -0.25) is 4.98 Å². The molecule has 0 saturated carbocycles. The number of pyridine rings is 1. The molecule has 0 atom stereocenters. The van der Waals surface area contributed by atoms with E-state index in [0.29, 0.717) is 50.1 Å². The number of benzene rings is 1. The Balaban J connectivity index is 1.26. The highest BCUT2D eigenvalue weighted by Crippen LogP contribution is 2.32. The van der Waals surface area contributed by atoms with E-state index >= 15 is 0 Å². The SMILES string of the molecule is CCOC(=O)N1CCC(n2ncc3c(N4CCOCC4)nc(-c4ccc(NC(=O)Nc5cccnc5)cc4)nc32)CC1. The smallest absolute Gasteiger partial charge is 0.409 e. The van der Waals surface area contributed by atoms with Gasteiger partial charge in [-0.05, 0) is 56.2 Å². The number of nitrogens with zero attached hydrogens (tertiary/aromatic N) is 7. The number of urea groups is 1. The quantitative estimate of drug-likeness (QED) is 0.349. The number of rotatable bonds is 6. The molecule has 0 radical (unpaired) electrons. The molecule has 42 heavy (non-hydrogen) atoms. The lowest BCUT2D eigenvalue weighted by Gasteiger charge is -2.31. The molecule has 13 nitrogen and oxygen atoms in total. The summed E-state index contributed by atoms with van der Waals surface area (Å²) in [7, 11) is 0. The summed E-state index contributed by atoms with van der Waals surface area (Å²) in [4.78, 5) is 42.6. The van der Waals surface area contributed by atoms with Crippen LogP contribution in [0.4, 0.5) is 26.8 Å². The lowest BCUT2D eigenvalue weighted by Crippen LogP contribution is -2.39. The zero-order chi connectivity index (χ0) is 28.9. The molecule has 4 aromatic rings. The minimum Gasteiger partial charge on any atom is -0.450 e. The fraction of sp³-hybridized carbons (Fsp3) is 0.379. The number of fused-ring (bicyclic) bond motifs is 1. The summed E-state index contributed by atoms with van der Waals surface area (Å²) in [6, 6.07) is 10.7. The zero-order valence-electron chi connectivity index (χ0n) is 23.4. The Labute approximate surface area is 242 Å². The number of ether oxygens (including phenoxy) is 2. The van der Waals surface area contributed by atoms with Crippen LogP contribution in [0.3, 0.4) is 0 Å². The summed E-state index contributed by atoms with van der Waals surface area (Å²) in [6.07, 6.45) is 6.31. The van der Waals surface area contributed by atoms with Crippen molar-refractivity contribution in [2.75, 3.05) is 61.5 Å². The number of hydrogen-bond donors (Lipinski definition) is 2. The van der Waals surface area contributed by atoms with Crippen LogP contribution in [-0.2, 0) is 9.47 Å². The number of carbonyl (C=O) groups is 2. The Morgan fingerprint density at radius 3 is 2.45 bits per heavy atom. The van der Waals surface area contributed by atoms with Gasteiger partial charge in [0.2, 0.25) is 0 Å². The Kier molecular flexibility index (Phi) is 8.08. The van der Waals surface area contributed by atoms with Crippen molar-refractivity contribution in [1.29, 1.82) is 0 Å². The third-order valence-electron chi connectivity index (χ3n) is 7.40. The molecule has 3 amide bonds. The minimum atomic E-state index is -0.360. The fourth-order valence-corrected chi connectivity index (χ4v) is 5.26. The Morgan fingerprint density at radius 2 is 1.74 bits per heavy atom. The normalized spacial score (nSPS) is 15.9. The highest BCUT2D eigenvalue weighted by Gasteiger charge is 2.28. The maximum Gasteiger partial charge on any atom is 0.409 e. The summed E-state index contributed by atoms with van der Waals surface area (Å²) in [5.74, 6) is 1.40. The summed E-state index contributed by atoms with van der Waals surface area (Å²) in [5, 5.41) is 11.2. The van der Waals surface area contributed by atoms with Crippen molar-refractivity contribution in [3.05, 3.63) is 55.0 Å². The van der Waals surface area contributed by atoms with Crippen LogP contribution >= 0.6 is 0 Å². The largest absolute Gasteiger partial charge is 0.450 e. The lowest BCUT2D eigenvalue weighted by atomic mass is 10.1. The first-order valence-electron chi connectivity index (χ1n) is 14.2. The van der Waals surface area contributed by atoms with Crippen molar-refractivity contribution >= 4 is 40.4 Å². The fourth-order valence-electron chi connectivity index (χ4n) is 5.26. The van der Waals surface area contributed by atoms with E-state index in [4.69, 9.17) is 24.5 Å². The molecule has 2 fully saturated rings. The van der Waals surface area contributed by atoms with Gasteiger partial charge in [-0.2, -0.15) is 5.10 Å². The van der Waals surface area contributed by atoms with Gasteiger partial charge in [0.1, 0.15) is 5.82 Å². The number of carbonyl (C=O) groups excluding carboxylic acids is 2. The molecular weight excluding hydrogens is 538 g/mol. The monoisotopic (exact) mass is 571 g/mol. The third-order valence-corrected chi connectivity index (χ3v) is 7.40. The standard InChI is InChI=1S/C29H33N9O4/c1-2-42-29(40)37-12-9-23(10-13-37)38-27-24(19-31-38)26(36-14-16-41-17-15-36)34-25(35-27)20-5-7-21(8-6-20)32-28(39)33-22-4-3-11-30-18-22/h3-8,11,18-19,23H,2,9-10,12-17H2,1H3,(H2,32,33,39). The van der Waals surface area contributed by atoms with Crippen LogP contribution in [0.25, 0.3) is 22.4 Å². The van der Waals surface area contributed by atoms with E-state index in [1.165, 1.54) is 0 Å². The first-order chi connectivity index (χ1) is 20.6. The van der Waals surface area contributed by atoms with Crippen LogP contribution in [0.2, 0.25) is 0 Å². The van der Waals surface area contributed by atoms with E-state index in [-0.39, 0.29) is 18.2 Å². The van der Waals surface area contributed by atoms with Gasteiger partial charge in [-0.25, -0.2) is 24.2 Å². The van der Waals surface area contributed by atoms with E-state index in [9.17, 15) is 9.59 Å². The number of aromatic nitrogens is 5. The number of likely N-dealkylation sites (tertiary alicyclic amines) is 1. The second-order valence-corrected chi connectivity index (χ2v) is 10.1. The van der Waals surface area contributed by atoms with Crippen LogP contribution in [0.15, 0.2) is 55.0 Å². The average molecular weight is 572 g/mol. The number of nitrogens with one attached hydrogen (secondary N) is 2. The van der Waals surface area contributed by atoms with Crippen LogP contribution < -0.4 is 15.5 Å². The molecule has 3 aromatic heterocycles. The number of piperidine rings is 1. The maximum atomic E-state index is 12.4. The maximum absolute atomic E-state index is 12.4. The summed E-state index contributed by atoms with van der Waals surface area (Å²) >= 11 is 0. The van der Waals surface area contributed by atoms with Crippen molar-refractivity contribution in [1.82, 2.24) is 29.6 Å². The molecule has 13 heteroatoms. The number of morpholine rings is 1. The van der Waals surface area contributed by atoms with Crippen LogP contribution in [0.5, 0.6) is 0 Å². The van der Waals surface area contributed by atoms with Crippen LogP contribution in [0, 0.1) is 0 Å². The molecule has 2 aliphatic rings. The first kappa shape index (κ1) is 27.4. The van der Waals surface area contributed by atoms with Crippen LogP contribution in [0.1, 0.15) is 25.8 Å². The summed E-state index contributed by atoms with van der Waals surface area (Å²) < 4.78 is 12.7. The predicted molar refractivity (Wildman–Crippen MR) is 158 cm³/mol. The Morgan fingerprint density at radius 1 is 0.976 bits per heavy atom. The van der Waals surface area contributed by atoms with Gasteiger partial charge >= 0.3 is 12.1 Å². The lowest BCUT2D eigenvalue weighted by molar-refractivity contribution is 0.0919. The molecule has 2 N–H and O–H groups in total. The first-order valence-corrected chi connectivity index (χ1v) is 14.2. The number of amides is 3. The van der Waals surface area contributed by atoms with Gasteiger partial charge in [0.05, 0.1) is 49.3 Å². The molecule has 0 aliphatic carbocycles. The molecule has 0 spiro atoms. The number of anilines is 3. The van der Waals surface area contributed by atoms with Crippen LogP contribution in [-0.4, -0.2) is 87.8 Å². The minimum absolute atomic E-state index is 0.0957. The highest BCUT2D eigenvalue weighted by atomic mass is 16.6. The molecule has 218 valence electrons. The zero-order valence-corrected chi connectivity index (χ0v) is 23.4. The summed E-state index contributed by atoms with van der Waals surface area (Å²) in [5.41, 5.74) is 2.81. The molecule has 2 saturated heterocycles. The predicted octanol–water partition coefficient (Wildman–Crippen LogP) is 4.16. The van der Waals surface area contributed by atoms with E-state index in [1.807, 2.05) is 42.1 Å². The van der Waals surface area contributed by atoms with Gasteiger partial charge in [-0.15, -0.1) is 0 Å². The number of hydrogen-bond acceptors (Lipinski definition) is 9. The van der Waals surface area contributed by atoms with Gasteiger partial charge in [-0.1, -0.05) is 0 Å². The molecule has 2 aliphatic heterocycles. The molecular formula is C29H33N9O4. The second-order valence-electron chi connectivity index (χ2n) is 10.1. The average Bonchev–Trinajstić information content (AvgIpc) is 3.46. The van der Waals surface area contributed by atoms with Gasteiger partial charge < -0.3 is 29.9 Å². The Bertz CT molecular complexity index is 1530. The second kappa shape index (κ2) is 12.4.